The molecule has 0 saturated heterocycles. The van der Waals surface area contributed by atoms with Crippen LogP contribution in [0.5, 0.6) is 17.8 Å². The van der Waals surface area contributed by atoms with Gasteiger partial charge >= 0.3 is 6.01 Å². The number of hydrogen-bond acceptors (Lipinski definition) is 5. The third-order valence-electron chi connectivity index (χ3n) is 1.80. The maximum Gasteiger partial charge on any atom is 0.323 e. The standard InChI is InChI=1S/C9H14N2O3/c1-3-4-5-14-9-10-7(12)6(2)8(13)11-9/h3-5H2,1-2H3,(H2,10,11,12,13). The molecule has 14 heavy (non-hydrogen) atoms. The van der Waals surface area contributed by atoms with E-state index in [1.807, 2.05) is 6.92 Å². The second-order valence-corrected chi connectivity index (χ2v) is 2.98. The van der Waals surface area contributed by atoms with E-state index < -0.39 is 0 Å². The first-order chi connectivity index (χ1) is 6.65. The molecule has 1 aromatic heterocycles. The molecule has 5 nitrogen and oxygen atoms in total. The Labute approximate surface area is 82.4 Å². The average Bonchev–Trinajstić information content (AvgIpc) is 2.14. The van der Waals surface area contributed by atoms with Gasteiger partial charge in [-0.2, -0.15) is 9.97 Å². The predicted octanol–water partition coefficient (Wildman–Crippen LogP) is 1.38. The van der Waals surface area contributed by atoms with Crippen molar-refractivity contribution >= 4 is 0 Å². The van der Waals surface area contributed by atoms with Gasteiger partial charge in [0.05, 0.1) is 12.2 Å². The summed E-state index contributed by atoms with van der Waals surface area (Å²) in [5, 5.41) is 18.5. The molecular weight excluding hydrogens is 184 g/mol. The summed E-state index contributed by atoms with van der Waals surface area (Å²) in [5.41, 5.74) is 0.257. The number of hydrogen-bond donors (Lipinski definition) is 2. The van der Waals surface area contributed by atoms with Gasteiger partial charge in [0.2, 0.25) is 11.8 Å². The Hall–Kier alpha value is -1.52. The first-order valence-electron chi connectivity index (χ1n) is 4.54. The summed E-state index contributed by atoms with van der Waals surface area (Å²) < 4.78 is 5.12. The molecule has 5 heteroatoms. The van der Waals surface area contributed by atoms with Gasteiger partial charge in [-0.1, -0.05) is 13.3 Å². The zero-order valence-corrected chi connectivity index (χ0v) is 8.32. The summed E-state index contributed by atoms with van der Waals surface area (Å²) in [5.74, 6) is -0.493. The maximum absolute atomic E-state index is 9.25. The summed E-state index contributed by atoms with van der Waals surface area (Å²) in [4.78, 5) is 7.34. The minimum absolute atomic E-state index is 0.0130. The van der Waals surface area contributed by atoms with Gasteiger partial charge in [0, 0.05) is 0 Å². The molecule has 0 amide bonds. The Morgan fingerprint density at radius 3 is 2.29 bits per heavy atom. The smallest absolute Gasteiger partial charge is 0.323 e. The number of ether oxygens (including phenoxy) is 1. The van der Waals surface area contributed by atoms with E-state index in [1.165, 1.54) is 6.92 Å². The Balaban J connectivity index is 2.69. The maximum atomic E-state index is 9.25. The van der Waals surface area contributed by atoms with Gasteiger partial charge in [-0.15, -0.1) is 0 Å². The topological polar surface area (TPSA) is 75.5 Å². The van der Waals surface area contributed by atoms with Crippen LogP contribution in [0.25, 0.3) is 0 Å². The van der Waals surface area contributed by atoms with Crippen molar-refractivity contribution in [3.8, 4) is 17.8 Å². The van der Waals surface area contributed by atoms with Crippen molar-refractivity contribution in [3.63, 3.8) is 0 Å². The van der Waals surface area contributed by atoms with Gasteiger partial charge in [-0.25, -0.2) is 0 Å². The highest BCUT2D eigenvalue weighted by Crippen LogP contribution is 2.23. The van der Waals surface area contributed by atoms with Crippen LogP contribution in [-0.2, 0) is 0 Å². The zero-order valence-electron chi connectivity index (χ0n) is 8.32. The van der Waals surface area contributed by atoms with Gasteiger partial charge < -0.3 is 14.9 Å². The van der Waals surface area contributed by atoms with E-state index in [1.54, 1.807) is 0 Å². The molecule has 0 fully saturated rings. The predicted molar refractivity (Wildman–Crippen MR) is 50.5 cm³/mol. The number of unbranched alkanes of at least 4 members (excludes halogenated alkanes) is 1. The van der Waals surface area contributed by atoms with E-state index in [4.69, 9.17) is 4.74 Å². The minimum atomic E-state index is -0.246. The molecule has 0 aliphatic rings. The number of aromatic hydroxyl groups is 2. The SMILES string of the molecule is CCCCOc1nc(O)c(C)c(O)n1. The molecule has 1 heterocycles. The number of rotatable bonds is 4. The Kier molecular flexibility index (Phi) is 3.50. The van der Waals surface area contributed by atoms with Gasteiger partial charge in [0.15, 0.2) is 0 Å². The van der Waals surface area contributed by atoms with Crippen LogP contribution in [0.4, 0.5) is 0 Å². The van der Waals surface area contributed by atoms with Gasteiger partial charge in [-0.05, 0) is 13.3 Å². The Morgan fingerprint density at radius 2 is 1.79 bits per heavy atom. The third kappa shape index (κ3) is 2.48. The van der Waals surface area contributed by atoms with Crippen molar-refractivity contribution in [2.75, 3.05) is 6.61 Å². The van der Waals surface area contributed by atoms with Gasteiger partial charge in [-0.3, -0.25) is 0 Å². The fourth-order valence-corrected chi connectivity index (χ4v) is 0.846. The van der Waals surface area contributed by atoms with Crippen LogP contribution < -0.4 is 4.74 Å². The largest absolute Gasteiger partial charge is 0.493 e. The third-order valence-corrected chi connectivity index (χ3v) is 1.80. The van der Waals surface area contributed by atoms with E-state index >= 15 is 0 Å². The van der Waals surface area contributed by atoms with E-state index in [0.29, 0.717) is 6.61 Å². The zero-order chi connectivity index (χ0) is 10.6. The van der Waals surface area contributed by atoms with Crippen LogP contribution in [0.2, 0.25) is 0 Å². The molecule has 0 aliphatic heterocycles. The fraction of sp³-hybridized carbons (Fsp3) is 0.556. The summed E-state index contributed by atoms with van der Waals surface area (Å²) in [6.45, 7) is 4.05. The highest BCUT2D eigenvalue weighted by Gasteiger charge is 2.09. The van der Waals surface area contributed by atoms with Crippen molar-refractivity contribution in [2.24, 2.45) is 0 Å². The average molecular weight is 198 g/mol. The molecule has 0 saturated carbocycles. The lowest BCUT2D eigenvalue weighted by molar-refractivity contribution is 0.273. The van der Waals surface area contributed by atoms with Gasteiger partial charge in [0.1, 0.15) is 0 Å². The van der Waals surface area contributed by atoms with Crippen LogP contribution in [0.1, 0.15) is 25.3 Å². The lowest BCUT2D eigenvalue weighted by atomic mass is 10.3. The lowest BCUT2D eigenvalue weighted by Crippen LogP contribution is -2.01. The highest BCUT2D eigenvalue weighted by atomic mass is 16.5. The first kappa shape index (κ1) is 10.6. The quantitative estimate of drug-likeness (QED) is 0.715. The molecule has 1 rings (SSSR count). The lowest BCUT2D eigenvalue weighted by Gasteiger charge is -2.05. The van der Waals surface area contributed by atoms with E-state index in [-0.39, 0.29) is 23.3 Å². The van der Waals surface area contributed by atoms with Crippen LogP contribution in [0.15, 0.2) is 0 Å². The van der Waals surface area contributed by atoms with Crippen LogP contribution >= 0.6 is 0 Å². The molecule has 1 aromatic rings. The highest BCUT2D eigenvalue weighted by molar-refractivity contribution is 5.32. The molecule has 0 spiro atoms. The second-order valence-electron chi connectivity index (χ2n) is 2.98. The van der Waals surface area contributed by atoms with Crippen LogP contribution in [0.3, 0.4) is 0 Å². The molecular formula is C9H14N2O3. The molecule has 0 atom stereocenters. The van der Waals surface area contributed by atoms with Crippen molar-refractivity contribution in [1.29, 1.82) is 0 Å². The minimum Gasteiger partial charge on any atom is -0.493 e. The van der Waals surface area contributed by atoms with Crippen molar-refractivity contribution < 1.29 is 14.9 Å². The normalized spacial score (nSPS) is 10.1. The van der Waals surface area contributed by atoms with Crippen LogP contribution in [-0.4, -0.2) is 26.8 Å². The fourth-order valence-electron chi connectivity index (χ4n) is 0.846. The number of nitrogens with zero attached hydrogens (tertiary/aromatic N) is 2. The Morgan fingerprint density at radius 1 is 1.21 bits per heavy atom. The Bertz CT molecular complexity index is 292. The second kappa shape index (κ2) is 4.64. The summed E-state index contributed by atoms with van der Waals surface area (Å²) >= 11 is 0. The molecule has 0 bridgehead atoms. The monoisotopic (exact) mass is 198 g/mol. The molecule has 0 radical (unpaired) electrons. The van der Waals surface area contributed by atoms with E-state index in [2.05, 4.69) is 9.97 Å². The molecule has 78 valence electrons. The van der Waals surface area contributed by atoms with Crippen molar-refractivity contribution in [2.45, 2.75) is 26.7 Å². The van der Waals surface area contributed by atoms with Gasteiger partial charge in [0.25, 0.3) is 0 Å². The van der Waals surface area contributed by atoms with E-state index in [0.717, 1.165) is 12.8 Å². The molecule has 0 aliphatic carbocycles. The molecule has 2 N–H and O–H groups in total. The van der Waals surface area contributed by atoms with E-state index in [9.17, 15) is 10.2 Å². The van der Waals surface area contributed by atoms with Crippen LogP contribution in [0, 0.1) is 6.92 Å². The summed E-state index contributed by atoms with van der Waals surface area (Å²) in [7, 11) is 0. The first-order valence-corrected chi connectivity index (χ1v) is 4.54. The molecule has 0 unspecified atom stereocenters. The summed E-state index contributed by atoms with van der Waals surface area (Å²) in [6.07, 6.45) is 1.89. The van der Waals surface area contributed by atoms with Crippen molar-refractivity contribution in [1.82, 2.24) is 9.97 Å². The summed E-state index contributed by atoms with van der Waals surface area (Å²) in [6, 6.07) is 0.0130. The number of aromatic nitrogens is 2. The van der Waals surface area contributed by atoms with Crippen molar-refractivity contribution in [3.05, 3.63) is 5.56 Å². The molecule has 0 aromatic carbocycles.